The van der Waals surface area contributed by atoms with Crippen LogP contribution in [0.15, 0.2) is 54.6 Å². The van der Waals surface area contributed by atoms with Gasteiger partial charge < -0.3 is 15.8 Å². The molecule has 3 aromatic rings. The Bertz CT molecular complexity index is 1050. The number of nitrogen functional groups attached to an aromatic ring is 1. The topological polar surface area (TPSA) is 77.2 Å². The maximum Gasteiger partial charge on any atom is 0.419 e. The van der Waals surface area contributed by atoms with Gasteiger partial charge in [0.2, 0.25) is 0 Å². The number of alkyl halides is 3. The summed E-state index contributed by atoms with van der Waals surface area (Å²) in [6.07, 6.45) is -4.83. The zero-order valence-electron chi connectivity index (χ0n) is 15.0. The van der Waals surface area contributed by atoms with Gasteiger partial charge in [0.1, 0.15) is 23.1 Å². The number of aryl methyl sites for hydroxylation is 1. The average Bonchev–Trinajstić information content (AvgIpc) is 2.64. The van der Waals surface area contributed by atoms with Crippen molar-refractivity contribution < 1.29 is 27.1 Å². The summed E-state index contributed by atoms with van der Waals surface area (Å²) in [6.45, 7) is 1.75. The second kappa shape index (κ2) is 7.78. The van der Waals surface area contributed by atoms with E-state index >= 15 is 0 Å². The van der Waals surface area contributed by atoms with E-state index in [0.29, 0.717) is 23.5 Å². The molecule has 0 fully saturated rings. The molecule has 0 atom stereocenters. The number of ether oxygens (including phenoxy) is 1. The molecule has 3 rings (SSSR count). The van der Waals surface area contributed by atoms with Crippen molar-refractivity contribution in [3.63, 3.8) is 0 Å². The Morgan fingerprint density at radius 1 is 1.03 bits per heavy atom. The van der Waals surface area contributed by atoms with Gasteiger partial charge in [-0.15, -0.1) is 0 Å². The largest absolute Gasteiger partial charge is 0.457 e. The Hall–Kier alpha value is -3.62. The van der Waals surface area contributed by atoms with Gasteiger partial charge in [-0.3, -0.25) is 4.79 Å². The van der Waals surface area contributed by atoms with Crippen molar-refractivity contribution in [3.8, 4) is 11.5 Å². The van der Waals surface area contributed by atoms with Gasteiger partial charge in [0.15, 0.2) is 0 Å². The highest BCUT2D eigenvalue weighted by Crippen LogP contribution is 2.35. The summed E-state index contributed by atoms with van der Waals surface area (Å²) in [7, 11) is 0. The molecule has 0 radical (unpaired) electrons. The van der Waals surface area contributed by atoms with E-state index in [1.54, 1.807) is 19.1 Å². The van der Waals surface area contributed by atoms with Gasteiger partial charge in [-0.25, -0.2) is 9.37 Å². The number of carbonyl (C=O) groups is 1. The third kappa shape index (κ3) is 4.81. The molecule has 1 aromatic heterocycles. The number of anilines is 2. The standard InChI is InChI=1S/C20H15F4N3O2/c1-11-2-8-15(18(25)26-11)19(28)27-12-3-5-13(6-4-12)29-14-7-9-17(21)16(10-14)20(22,23)24/h2-10H,1H3,(H2,25,26)(H,27,28). The SMILES string of the molecule is Cc1ccc(C(=O)Nc2ccc(Oc3ccc(F)c(C(F)(F)F)c3)cc2)c(N)n1. The molecular weight excluding hydrogens is 390 g/mol. The molecule has 150 valence electrons. The minimum absolute atomic E-state index is 0.0965. The normalized spacial score (nSPS) is 11.2. The summed E-state index contributed by atoms with van der Waals surface area (Å²) in [5.41, 5.74) is 5.63. The molecule has 0 unspecified atom stereocenters. The van der Waals surface area contributed by atoms with Crippen molar-refractivity contribution in [1.29, 1.82) is 0 Å². The lowest BCUT2D eigenvalue weighted by Crippen LogP contribution is -2.15. The summed E-state index contributed by atoms with van der Waals surface area (Å²) in [5, 5.41) is 2.63. The molecule has 0 aliphatic rings. The van der Waals surface area contributed by atoms with Gasteiger partial charge in [-0.05, 0) is 61.5 Å². The first kappa shape index (κ1) is 20.1. The van der Waals surface area contributed by atoms with E-state index in [4.69, 9.17) is 10.5 Å². The summed E-state index contributed by atoms with van der Waals surface area (Å²) in [6, 6.07) is 11.5. The van der Waals surface area contributed by atoms with Crippen molar-refractivity contribution in [2.75, 3.05) is 11.1 Å². The number of carbonyl (C=O) groups excluding carboxylic acids is 1. The minimum atomic E-state index is -4.83. The van der Waals surface area contributed by atoms with Crippen LogP contribution in [0.4, 0.5) is 29.1 Å². The minimum Gasteiger partial charge on any atom is -0.457 e. The number of hydrogen-bond acceptors (Lipinski definition) is 4. The number of benzene rings is 2. The monoisotopic (exact) mass is 405 g/mol. The number of amides is 1. The first-order chi connectivity index (χ1) is 13.6. The smallest absolute Gasteiger partial charge is 0.419 e. The number of nitrogens with two attached hydrogens (primary N) is 1. The van der Waals surface area contributed by atoms with E-state index in [1.807, 2.05) is 0 Å². The molecule has 3 N–H and O–H groups in total. The van der Waals surface area contributed by atoms with E-state index < -0.39 is 23.5 Å². The molecule has 0 aliphatic heterocycles. The van der Waals surface area contributed by atoms with Crippen LogP contribution in [-0.4, -0.2) is 10.9 Å². The summed E-state index contributed by atoms with van der Waals surface area (Å²) >= 11 is 0. The van der Waals surface area contributed by atoms with Crippen LogP contribution in [0, 0.1) is 12.7 Å². The van der Waals surface area contributed by atoms with Gasteiger partial charge >= 0.3 is 6.18 Å². The predicted octanol–water partition coefficient (Wildman–Crippen LogP) is 5.17. The number of pyridine rings is 1. The molecule has 0 bridgehead atoms. The van der Waals surface area contributed by atoms with Crippen LogP contribution in [-0.2, 0) is 6.18 Å². The fourth-order valence-electron chi connectivity index (χ4n) is 2.49. The Morgan fingerprint density at radius 3 is 2.31 bits per heavy atom. The zero-order valence-corrected chi connectivity index (χ0v) is 15.0. The van der Waals surface area contributed by atoms with Crippen LogP contribution in [0.5, 0.6) is 11.5 Å². The van der Waals surface area contributed by atoms with Crippen molar-refractivity contribution in [2.24, 2.45) is 0 Å². The molecule has 0 saturated heterocycles. The zero-order chi connectivity index (χ0) is 21.2. The molecule has 0 aliphatic carbocycles. The van der Waals surface area contributed by atoms with Gasteiger partial charge in [0.25, 0.3) is 5.91 Å². The van der Waals surface area contributed by atoms with Crippen LogP contribution >= 0.6 is 0 Å². The lowest BCUT2D eigenvalue weighted by molar-refractivity contribution is -0.140. The van der Waals surface area contributed by atoms with Crippen LogP contribution in [0.1, 0.15) is 21.6 Å². The molecule has 9 heteroatoms. The second-order valence-corrected chi connectivity index (χ2v) is 6.11. The molecule has 5 nitrogen and oxygen atoms in total. The number of aromatic nitrogens is 1. The molecule has 0 saturated carbocycles. The van der Waals surface area contributed by atoms with Gasteiger partial charge in [-0.2, -0.15) is 13.2 Å². The molecular formula is C20H15F4N3O2. The number of halogens is 4. The molecule has 0 spiro atoms. The van der Waals surface area contributed by atoms with E-state index in [1.165, 1.54) is 24.3 Å². The number of hydrogen-bond donors (Lipinski definition) is 2. The maximum absolute atomic E-state index is 13.3. The first-order valence-corrected chi connectivity index (χ1v) is 8.32. The van der Waals surface area contributed by atoms with Crippen molar-refractivity contribution in [3.05, 3.63) is 77.2 Å². The third-order valence-electron chi connectivity index (χ3n) is 3.90. The maximum atomic E-state index is 13.3. The van der Waals surface area contributed by atoms with Gasteiger partial charge in [-0.1, -0.05) is 0 Å². The number of rotatable bonds is 4. The van der Waals surface area contributed by atoms with E-state index in [0.717, 1.165) is 6.07 Å². The summed E-state index contributed by atoms with van der Waals surface area (Å²) in [5.74, 6) is -1.71. The van der Waals surface area contributed by atoms with Crippen LogP contribution in [0.25, 0.3) is 0 Å². The van der Waals surface area contributed by atoms with Crippen molar-refractivity contribution >= 4 is 17.4 Å². The van der Waals surface area contributed by atoms with Gasteiger partial charge in [0, 0.05) is 11.4 Å². The molecule has 29 heavy (non-hydrogen) atoms. The van der Waals surface area contributed by atoms with E-state index in [-0.39, 0.29) is 22.9 Å². The highest BCUT2D eigenvalue weighted by molar-refractivity contribution is 6.07. The van der Waals surface area contributed by atoms with Crippen molar-refractivity contribution in [2.45, 2.75) is 13.1 Å². The highest BCUT2D eigenvalue weighted by atomic mass is 19.4. The van der Waals surface area contributed by atoms with Gasteiger partial charge in [0.05, 0.1) is 11.1 Å². The quantitative estimate of drug-likeness (QED) is 0.587. The molecule has 2 aromatic carbocycles. The molecule has 1 amide bonds. The second-order valence-electron chi connectivity index (χ2n) is 6.11. The van der Waals surface area contributed by atoms with E-state index in [2.05, 4.69) is 10.3 Å². The van der Waals surface area contributed by atoms with Crippen LogP contribution in [0.3, 0.4) is 0 Å². The summed E-state index contributed by atoms with van der Waals surface area (Å²) in [4.78, 5) is 16.3. The van der Waals surface area contributed by atoms with Crippen LogP contribution in [0.2, 0.25) is 0 Å². The van der Waals surface area contributed by atoms with E-state index in [9.17, 15) is 22.4 Å². The number of nitrogens with one attached hydrogen (secondary N) is 1. The lowest BCUT2D eigenvalue weighted by atomic mass is 10.2. The van der Waals surface area contributed by atoms with Crippen molar-refractivity contribution in [1.82, 2.24) is 4.98 Å². The Balaban J connectivity index is 1.71. The highest BCUT2D eigenvalue weighted by Gasteiger charge is 2.34. The fraction of sp³-hybridized carbons (Fsp3) is 0.100. The predicted molar refractivity (Wildman–Crippen MR) is 99.3 cm³/mol. The lowest BCUT2D eigenvalue weighted by Gasteiger charge is -2.12. The van der Waals surface area contributed by atoms with Crippen LogP contribution < -0.4 is 15.8 Å². The third-order valence-corrected chi connectivity index (χ3v) is 3.90. The number of nitrogens with zero attached hydrogens (tertiary/aromatic N) is 1. The Kier molecular flexibility index (Phi) is 5.40. The first-order valence-electron chi connectivity index (χ1n) is 8.32. The Labute approximate surface area is 163 Å². The fourth-order valence-corrected chi connectivity index (χ4v) is 2.49. The Morgan fingerprint density at radius 2 is 1.69 bits per heavy atom. The summed E-state index contributed by atoms with van der Waals surface area (Å²) < 4.78 is 57.0. The molecule has 1 heterocycles. The average molecular weight is 405 g/mol.